The number of thiophene rings is 1. The Hall–Kier alpha value is -0.0900. The van der Waals surface area contributed by atoms with E-state index in [4.69, 9.17) is 17.3 Å². The fraction of sp³-hybridized carbons (Fsp3) is 0.714. The molecule has 4 heteroatoms. The highest BCUT2D eigenvalue weighted by atomic mass is 35.5. The predicted octanol–water partition coefficient (Wildman–Crippen LogP) is 3.91. The van der Waals surface area contributed by atoms with Crippen molar-refractivity contribution in [1.82, 2.24) is 4.90 Å². The van der Waals surface area contributed by atoms with Crippen molar-refractivity contribution >= 4 is 22.9 Å². The summed E-state index contributed by atoms with van der Waals surface area (Å²) in [6.07, 6.45) is 3.59. The fourth-order valence-electron chi connectivity index (χ4n) is 2.82. The Kier molecular flexibility index (Phi) is 5.07. The molecule has 0 aliphatic carbocycles. The van der Waals surface area contributed by atoms with Gasteiger partial charge in [-0.3, -0.25) is 4.90 Å². The smallest absolute Gasteiger partial charge is 0.0931 e. The highest BCUT2D eigenvalue weighted by molar-refractivity contribution is 7.16. The number of hydrogen-bond acceptors (Lipinski definition) is 3. The molecule has 2 rings (SSSR count). The first kappa shape index (κ1) is 14.3. The molecule has 102 valence electrons. The van der Waals surface area contributed by atoms with E-state index in [0.717, 1.165) is 16.7 Å². The third-order valence-electron chi connectivity index (χ3n) is 4.05. The van der Waals surface area contributed by atoms with Crippen LogP contribution in [-0.4, -0.2) is 24.0 Å². The topological polar surface area (TPSA) is 29.3 Å². The van der Waals surface area contributed by atoms with Gasteiger partial charge in [-0.15, -0.1) is 11.3 Å². The zero-order valence-corrected chi connectivity index (χ0v) is 12.8. The van der Waals surface area contributed by atoms with Gasteiger partial charge in [-0.05, 0) is 37.4 Å². The third-order valence-corrected chi connectivity index (χ3v) is 5.35. The first-order valence-electron chi connectivity index (χ1n) is 6.90. The minimum Gasteiger partial charge on any atom is -0.326 e. The Balaban J connectivity index is 2.16. The van der Waals surface area contributed by atoms with Crippen LogP contribution in [0.5, 0.6) is 0 Å². The molecule has 2 nitrogen and oxygen atoms in total. The van der Waals surface area contributed by atoms with Crippen LogP contribution in [0.25, 0.3) is 0 Å². The normalized spacial score (nSPS) is 24.3. The van der Waals surface area contributed by atoms with Gasteiger partial charge in [-0.2, -0.15) is 0 Å². The summed E-state index contributed by atoms with van der Waals surface area (Å²) in [5.74, 6) is 0.840. The minimum atomic E-state index is 0.204. The lowest BCUT2D eigenvalue weighted by molar-refractivity contribution is 0.205. The standard InChI is InChI=1S/C14H23ClN2S/c1-3-10-7-8-17(9-10)14(11(16)4-2)12-5-6-13(15)18-12/h5-6,10-11,14H,3-4,7-9,16H2,1-2H3. The van der Waals surface area contributed by atoms with Gasteiger partial charge < -0.3 is 5.73 Å². The zero-order chi connectivity index (χ0) is 13.1. The van der Waals surface area contributed by atoms with Gasteiger partial charge >= 0.3 is 0 Å². The molecule has 2 N–H and O–H groups in total. The van der Waals surface area contributed by atoms with Gasteiger partial charge in [0.25, 0.3) is 0 Å². The van der Waals surface area contributed by atoms with Crippen LogP contribution in [-0.2, 0) is 0 Å². The van der Waals surface area contributed by atoms with E-state index in [9.17, 15) is 0 Å². The second-order valence-corrected chi connectivity index (χ2v) is 6.96. The molecule has 1 fully saturated rings. The Labute approximate surface area is 119 Å². The van der Waals surface area contributed by atoms with Crippen molar-refractivity contribution in [2.75, 3.05) is 13.1 Å². The summed E-state index contributed by atoms with van der Waals surface area (Å²) in [5, 5.41) is 0. The van der Waals surface area contributed by atoms with E-state index in [1.165, 1.54) is 30.8 Å². The maximum Gasteiger partial charge on any atom is 0.0931 e. The molecule has 1 saturated heterocycles. The van der Waals surface area contributed by atoms with Crippen molar-refractivity contribution in [2.24, 2.45) is 11.7 Å². The third kappa shape index (κ3) is 3.08. The molecule has 1 aromatic heterocycles. The van der Waals surface area contributed by atoms with Crippen LogP contribution in [0.2, 0.25) is 4.34 Å². The van der Waals surface area contributed by atoms with Gasteiger partial charge in [-0.25, -0.2) is 0 Å². The average Bonchev–Trinajstić information content (AvgIpc) is 2.99. The molecule has 0 spiro atoms. The van der Waals surface area contributed by atoms with E-state index in [0.29, 0.717) is 6.04 Å². The Morgan fingerprint density at radius 1 is 1.50 bits per heavy atom. The largest absolute Gasteiger partial charge is 0.326 e. The molecule has 0 saturated carbocycles. The van der Waals surface area contributed by atoms with Gasteiger partial charge in [-0.1, -0.05) is 31.9 Å². The van der Waals surface area contributed by atoms with Crippen molar-refractivity contribution in [3.63, 3.8) is 0 Å². The predicted molar refractivity (Wildman–Crippen MR) is 80.3 cm³/mol. The molecule has 2 heterocycles. The number of rotatable bonds is 5. The second-order valence-electron chi connectivity index (χ2n) is 5.22. The molecule has 0 radical (unpaired) electrons. The van der Waals surface area contributed by atoms with E-state index < -0.39 is 0 Å². The van der Waals surface area contributed by atoms with E-state index in [2.05, 4.69) is 24.8 Å². The summed E-state index contributed by atoms with van der Waals surface area (Å²) in [5.41, 5.74) is 6.35. The lowest BCUT2D eigenvalue weighted by Crippen LogP contribution is -2.39. The number of nitrogens with two attached hydrogens (primary N) is 1. The molecule has 0 amide bonds. The SMILES string of the molecule is CCC1CCN(C(c2ccc(Cl)s2)C(N)CC)C1. The lowest BCUT2D eigenvalue weighted by atomic mass is 10.0. The summed E-state index contributed by atoms with van der Waals surface area (Å²) in [7, 11) is 0. The molecule has 0 bridgehead atoms. The van der Waals surface area contributed by atoms with Crippen LogP contribution in [0.3, 0.4) is 0 Å². The van der Waals surface area contributed by atoms with Crippen LogP contribution < -0.4 is 5.73 Å². The number of hydrogen-bond donors (Lipinski definition) is 1. The molecular formula is C14H23ClN2S. The van der Waals surface area contributed by atoms with Crippen LogP contribution in [0.15, 0.2) is 12.1 Å². The Morgan fingerprint density at radius 2 is 2.28 bits per heavy atom. The molecule has 3 unspecified atom stereocenters. The van der Waals surface area contributed by atoms with Crippen LogP contribution in [0, 0.1) is 5.92 Å². The molecule has 1 aliphatic rings. The summed E-state index contributed by atoms with van der Waals surface area (Å²) >= 11 is 7.75. The maximum atomic E-state index is 6.35. The average molecular weight is 287 g/mol. The fourth-order valence-corrected chi connectivity index (χ4v) is 4.09. The van der Waals surface area contributed by atoms with Crippen molar-refractivity contribution in [3.05, 3.63) is 21.3 Å². The van der Waals surface area contributed by atoms with Gasteiger partial charge in [0.05, 0.1) is 10.4 Å². The van der Waals surface area contributed by atoms with Gasteiger partial charge in [0.1, 0.15) is 0 Å². The van der Waals surface area contributed by atoms with Gasteiger partial charge in [0, 0.05) is 17.5 Å². The van der Waals surface area contributed by atoms with Crippen LogP contribution >= 0.6 is 22.9 Å². The van der Waals surface area contributed by atoms with Crippen LogP contribution in [0.1, 0.15) is 44.0 Å². The summed E-state index contributed by atoms with van der Waals surface area (Å²) < 4.78 is 0.865. The lowest BCUT2D eigenvalue weighted by Gasteiger charge is -2.31. The van der Waals surface area contributed by atoms with Crippen molar-refractivity contribution in [1.29, 1.82) is 0 Å². The zero-order valence-electron chi connectivity index (χ0n) is 11.2. The van der Waals surface area contributed by atoms with E-state index in [1.807, 2.05) is 6.07 Å². The maximum absolute atomic E-state index is 6.35. The first-order chi connectivity index (χ1) is 8.65. The van der Waals surface area contributed by atoms with E-state index in [1.54, 1.807) is 11.3 Å². The molecule has 3 atom stereocenters. The highest BCUT2D eigenvalue weighted by Crippen LogP contribution is 2.36. The summed E-state index contributed by atoms with van der Waals surface area (Å²) in [6, 6.07) is 4.69. The quantitative estimate of drug-likeness (QED) is 0.889. The molecular weight excluding hydrogens is 264 g/mol. The summed E-state index contributed by atoms with van der Waals surface area (Å²) in [4.78, 5) is 3.89. The summed E-state index contributed by atoms with van der Waals surface area (Å²) in [6.45, 7) is 6.81. The monoisotopic (exact) mass is 286 g/mol. The number of halogens is 1. The molecule has 1 aliphatic heterocycles. The second kappa shape index (κ2) is 6.38. The van der Waals surface area contributed by atoms with Crippen molar-refractivity contribution < 1.29 is 0 Å². The Bertz CT molecular complexity index is 380. The van der Waals surface area contributed by atoms with Crippen molar-refractivity contribution in [3.8, 4) is 0 Å². The highest BCUT2D eigenvalue weighted by Gasteiger charge is 2.32. The van der Waals surface area contributed by atoms with E-state index >= 15 is 0 Å². The number of likely N-dealkylation sites (tertiary alicyclic amines) is 1. The number of nitrogens with zero attached hydrogens (tertiary/aromatic N) is 1. The van der Waals surface area contributed by atoms with Gasteiger partial charge in [0.2, 0.25) is 0 Å². The van der Waals surface area contributed by atoms with Crippen LogP contribution in [0.4, 0.5) is 0 Å². The van der Waals surface area contributed by atoms with Crippen molar-refractivity contribution in [2.45, 2.75) is 45.2 Å². The van der Waals surface area contributed by atoms with Gasteiger partial charge in [0.15, 0.2) is 0 Å². The van der Waals surface area contributed by atoms with E-state index in [-0.39, 0.29) is 6.04 Å². The molecule has 1 aromatic rings. The minimum absolute atomic E-state index is 0.204. The first-order valence-corrected chi connectivity index (χ1v) is 8.10. The molecule has 0 aromatic carbocycles. The molecule has 18 heavy (non-hydrogen) atoms. The Morgan fingerprint density at radius 3 is 2.78 bits per heavy atom.